The number of hydrogen-bond donors (Lipinski definition) is 2. The average Bonchev–Trinajstić information content (AvgIpc) is 2.01. The van der Waals surface area contributed by atoms with Gasteiger partial charge in [0.05, 0.1) is 12.5 Å². The number of carbonyl (C=O) groups excluding carboxylic acids is 2. The van der Waals surface area contributed by atoms with Gasteiger partial charge in [-0.2, -0.15) is 0 Å². The predicted molar refractivity (Wildman–Crippen MR) is 51.1 cm³/mol. The average molecular weight is 217 g/mol. The molecule has 0 saturated carbocycles. The molecule has 0 unspecified atom stereocenters. The van der Waals surface area contributed by atoms with Gasteiger partial charge in [-0.15, -0.1) is 0 Å². The number of carboxylic acid groups (broad SMARTS) is 1. The van der Waals surface area contributed by atoms with Gasteiger partial charge in [0.2, 0.25) is 0 Å². The van der Waals surface area contributed by atoms with E-state index in [4.69, 9.17) is 10.8 Å². The van der Waals surface area contributed by atoms with Crippen LogP contribution in [0.4, 0.5) is 0 Å². The first kappa shape index (κ1) is 13.6. The normalized spacial score (nSPS) is 13.0. The van der Waals surface area contributed by atoms with Crippen LogP contribution in [0.2, 0.25) is 0 Å². The quantitative estimate of drug-likeness (QED) is 0.567. The van der Waals surface area contributed by atoms with E-state index in [1.165, 1.54) is 0 Å². The zero-order chi connectivity index (χ0) is 12.1. The van der Waals surface area contributed by atoms with Crippen LogP contribution in [-0.2, 0) is 19.1 Å². The standard InChI is InChI=1S/C9H15NO5/c1-9(2,15-5-11)4-7(12)6(10)3-8(13)14/h5-6H,3-4,10H2,1-2H3,(H,13,14)/t6-/m0/s1. The Morgan fingerprint density at radius 2 is 2.07 bits per heavy atom. The monoisotopic (exact) mass is 217 g/mol. The SMILES string of the molecule is CC(C)(CC(=O)[C@@H](N)CC(=O)O)OC=O. The summed E-state index contributed by atoms with van der Waals surface area (Å²) in [5.74, 6) is -1.57. The van der Waals surface area contributed by atoms with Crippen molar-refractivity contribution in [2.45, 2.75) is 38.3 Å². The second-order valence-electron chi connectivity index (χ2n) is 3.82. The highest BCUT2D eigenvalue weighted by Crippen LogP contribution is 2.14. The number of carboxylic acids is 1. The number of carbonyl (C=O) groups is 3. The fraction of sp³-hybridized carbons (Fsp3) is 0.667. The van der Waals surface area contributed by atoms with Crippen LogP contribution in [-0.4, -0.2) is 35.0 Å². The van der Waals surface area contributed by atoms with Crippen LogP contribution in [0, 0.1) is 0 Å². The molecule has 1 atom stereocenters. The molecule has 0 aliphatic heterocycles. The second kappa shape index (κ2) is 5.45. The van der Waals surface area contributed by atoms with Crippen LogP contribution in [0.3, 0.4) is 0 Å². The van der Waals surface area contributed by atoms with Crippen LogP contribution in [0.25, 0.3) is 0 Å². The largest absolute Gasteiger partial charge is 0.481 e. The molecule has 86 valence electrons. The van der Waals surface area contributed by atoms with Gasteiger partial charge in [0, 0.05) is 6.42 Å². The number of Topliss-reactive ketones (excluding diaryl/α,β-unsaturated/α-hetero) is 1. The maximum atomic E-state index is 11.4. The molecular formula is C9H15NO5. The highest BCUT2D eigenvalue weighted by Gasteiger charge is 2.27. The summed E-state index contributed by atoms with van der Waals surface area (Å²) in [6.07, 6.45) is -0.518. The first-order valence-electron chi connectivity index (χ1n) is 4.40. The number of hydrogen-bond acceptors (Lipinski definition) is 5. The van der Waals surface area contributed by atoms with Crippen molar-refractivity contribution >= 4 is 18.2 Å². The van der Waals surface area contributed by atoms with Gasteiger partial charge in [-0.05, 0) is 13.8 Å². The molecule has 0 aromatic carbocycles. The molecule has 0 aromatic rings. The highest BCUT2D eigenvalue weighted by atomic mass is 16.5. The smallest absolute Gasteiger partial charge is 0.305 e. The first-order chi connectivity index (χ1) is 6.78. The van der Waals surface area contributed by atoms with Crippen molar-refractivity contribution in [2.75, 3.05) is 0 Å². The van der Waals surface area contributed by atoms with E-state index in [0.29, 0.717) is 0 Å². The Kier molecular flexibility index (Phi) is 4.93. The van der Waals surface area contributed by atoms with Crippen molar-refractivity contribution in [3.8, 4) is 0 Å². The molecule has 0 aliphatic rings. The van der Waals surface area contributed by atoms with Gasteiger partial charge in [-0.1, -0.05) is 0 Å². The van der Waals surface area contributed by atoms with Crippen LogP contribution in [0.1, 0.15) is 26.7 Å². The molecule has 0 fully saturated rings. The minimum atomic E-state index is -1.13. The van der Waals surface area contributed by atoms with Crippen molar-refractivity contribution in [3.63, 3.8) is 0 Å². The molecule has 0 radical (unpaired) electrons. The molecule has 6 nitrogen and oxygen atoms in total. The van der Waals surface area contributed by atoms with Gasteiger partial charge in [-0.25, -0.2) is 0 Å². The maximum Gasteiger partial charge on any atom is 0.305 e. The van der Waals surface area contributed by atoms with E-state index in [1.807, 2.05) is 0 Å². The molecule has 0 bridgehead atoms. The van der Waals surface area contributed by atoms with Crippen LogP contribution in [0.15, 0.2) is 0 Å². The molecule has 0 saturated heterocycles. The third kappa shape index (κ3) is 5.79. The molecule has 15 heavy (non-hydrogen) atoms. The Morgan fingerprint density at radius 1 is 1.53 bits per heavy atom. The molecule has 3 N–H and O–H groups in total. The maximum absolute atomic E-state index is 11.4. The van der Waals surface area contributed by atoms with E-state index in [-0.39, 0.29) is 12.9 Å². The lowest BCUT2D eigenvalue weighted by Gasteiger charge is -2.22. The van der Waals surface area contributed by atoms with E-state index >= 15 is 0 Å². The minimum absolute atomic E-state index is 0.0970. The molecule has 0 aliphatic carbocycles. The lowest BCUT2D eigenvalue weighted by molar-refractivity contribution is -0.145. The van der Waals surface area contributed by atoms with E-state index in [9.17, 15) is 14.4 Å². The third-order valence-electron chi connectivity index (χ3n) is 1.78. The first-order valence-corrected chi connectivity index (χ1v) is 4.40. The van der Waals surface area contributed by atoms with Crippen molar-refractivity contribution in [1.82, 2.24) is 0 Å². The van der Waals surface area contributed by atoms with Crippen molar-refractivity contribution in [1.29, 1.82) is 0 Å². The van der Waals surface area contributed by atoms with Crippen LogP contribution >= 0.6 is 0 Å². The third-order valence-corrected chi connectivity index (χ3v) is 1.78. The van der Waals surface area contributed by atoms with E-state index in [1.54, 1.807) is 13.8 Å². The number of ketones is 1. The van der Waals surface area contributed by atoms with Crippen molar-refractivity contribution < 1.29 is 24.2 Å². The Labute approximate surface area is 87.4 Å². The summed E-state index contributed by atoms with van der Waals surface area (Å²) in [5.41, 5.74) is 4.40. The molecular weight excluding hydrogens is 202 g/mol. The second-order valence-corrected chi connectivity index (χ2v) is 3.82. The van der Waals surface area contributed by atoms with Crippen molar-refractivity contribution in [2.24, 2.45) is 5.73 Å². The van der Waals surface area contributed by atoms with Gasteiger partial charge in [0.1, 0.15) is 5.60 Å². The molecule has 0 spiro atoms. The minimum Gasteiger partial charge on any atom is -0.481 e. The highest BCUT2D eigenvalue weighted by molar-refractivity contribution is 5.88. The van der Waals surface area contributed by atoms with Gasteiger partial charge < -0.3 is 15.6 Å². The summed E-state index contributed by atoms with van der Waals surface area (Å²) >= 11 is 0. The number of nitrogens with two attached hydrogens (primary N) is 1. The fourth-order valence-corrected chi connectivity index (χ4v) is 1.02. The van der Waals surface area contributed by atoms with Gasteiger partial charge in [0.15, 0.2) is 5.78 Å². The topological polar surface area (TPSA) is 107 Å². The van der Waals surface area contributed by atoms with E-state index in [2.05, 4.69) is 4.74 Å². The Bertz CT molecular complexity index is 261. The molecule has 0 rings (SSSR count). The zero-order valence-electron chi connectivity index (χ0n) is 8.73. The van der Waals surface area contributed by atoms with Crippen LogP contribution in [0.5, 0.6) is 0 Å². The number of ether oxygens (including phenoxy) is 1. The summed E-state index contributed by atoms with van der Waals surface area (Å²) < 4.78 is 4.65. The number of rotatable bonds is 7. The summed E-state index contributed by atoms with van der Waals surface area (Å²) in [4.78, 5) is 31.8. The van der Waals surface area contributed by atoms with E-state index < -0.39 is 29.8 Å². The Hall–Kier alpha value is -1.43. The summed E-state index contributed by atoms with van der Waals surface area (Å²) in [6, 6.07) is -1.06. The molecule has 0 heterocycles. The lowest BCUT2D eigenvalue weighted by atomic mass is 9.96. The molecule has 0 aromatic heterocycles. The van der Waals surface area contributed by atoms with Gasteiger partial charge in [-0.3, -0.25) is 14.4 Å². The number of aliphatic carboxylic acids is 1. The summed E-state index contributed by atoms with van der Waals surface area (Å²) in [7, 11) is 0. The fourth-order valence-electron chi connectivity index (χ4n) is 1.02. The Balaban J connectivity index is 4.23. The van der Waals surface area contributed by atoms with Crippen LogP contribution < -0.4 is 5.73 Å². The Morgan fingerprint density at radius 3 is 2.47 bits per heavy atom. The zero-order valence-corrected chi connectivity index (χ0v) is 8.73. The molecule has 0 amide bonds. The lowest BCUT2D eigenvalue weighted by Crippen LogP contribution is -2.38. The molecule has 6 heteroatoms. The predicted octanol–water partition coefficient (Wildman–Crippen LogP) is -0.301. The summed E-state index contributed by atoms with van der Waals surface area (Å²) in [5, 5.41) is 8.41. The van der Waals surface area contributed by atoms with Gasteiger partial charge in [0.25, 0.3) is 6.47 Å². The summed E-state index contributed by atoms with van der Waals surface area (Å²) in [6.45, 7) is 3.34. The van der Waals surface area contributed by atoms with Crippen molar-refractivity contribution in [3.05, 3.63) is 0 Å². The van der Waals surface area contributed by atoms with Gasteiger partial charge >= 0.3 is 5.97 Å². The van der Waals surface area contributed by atoms with E-state index in [0.717, 1.165) is 0 Å².